The first-order valence-corrected chi connectivity index (χ1v) is 36.2. The number of methoxy groups -OCH3 is 2. The predicted octanol–water partition coefficient (Wildman–Crippen LogP) is 8.74. The quantitative estimate of drug-likeness (QED) is 0.0276. The van der Waals surface area contributed by atoms with E-state index in [-0.39, 0.29) is 90.6 Å². The van der Waals surface area contributed by atoms with Gasteiger partial charge in [-0.15, -0.1) is 5.10 Å². The number of aliphatic imine (C=N–C) groups is 1. The Bertz CT molecular complexity index is 4650. The van der Waals surface area contributed by atoms with Crippen molar-refractivity contribution in [2.45, 2.75) is 142 Å². The number of amides is 9. The molecule has 1 aromatic heterocycles. The van der Waals surface area contributed by atoms with Gasteiger partial charge in [-0.3, -0.25) is 48.2 Å². The number of para-hydroxylation sites is 2. The fourth-order valence-corrected chi connectivity index (χ4v) is 14.4. The maximum absolute atomic E-state index is 14.5. The van der Waals surface area contributed by atoms with Gasteiger partial charge >= 0.3 is 6.09 Å². The second-order valence-electron chi connectivity index (χ2n) is 28.4. The number of hydrogen-bond acceptors (Lipinski definition) is 18. The van der Waals surface area contributed by atoms with E-state index in [1.165, 1.54) is 33.3 Å². The first kappa shape index (κ1) is 73.6. The molecule has 0 radical (unpaired) electrons. The van der Waals surface area contributed by atoms with Crippen LogP contribution >= 0.6 is 0 Å². The lowest BCUT2D eigenvalue weighted by Crippen LogP contribution is -2.55. The molecule has 1 saturated heterocycles. The number of unbranched alkanes of at least 4 members (excludes halogenated alkanes) is 2. The number of benzene rings is 6. The van der Waals surface area contributed by atoms with Crippen LogP contribution in [0.5, 0.6) is 23.0 Å². The SMILES string of the molecule is COc1cc2c(cc1OCCCCCOc1cc3c(cc1OC)C(=O)N1CC4(CC4)C[C@H]1C(O)N3C(=O)OCc1ccc(NC(=O)[C@H](C)NC(=O)[C@@H](NC(=O)CNC(=O)CNC(=O)CCC(=O)N3Cc4ccccc4-c4nnn(C(C)C)c4-c4ccccc43)C(C)C)cc1)N=C[C@@H]1Cc3ccccc3N1C2=O. The molecule has 9 amide bonds. The molecule has 28 heteroatoms. The molecule has 6 aliphatic rings. The third-order valence-corrected chi connectivity index (χ3v) is 20.4. The van der Waals surface area contributed by atoms with E-state index < -0.39 is 79.0 Å². The van der Waals surface area contributed by atoms with Crippen LogP contribution in [0.1, 0.15) is 129 Å². The normalized spacial score (nSPS) is 17.4. The minimum Gasteiger partial charge on any atom is -0.493 e. The summed E-state index contributed by atoms with van der Waals surface area (Å²) in [5, 5.41) is 34.2. The minimum atomic E-state index is -1.48. The van der Waals surface area contributed by atoms with Gasteiger partial charge < -0.3 is 65.2 Å². The van der Waals surface area contributed by atoms with Crippen molar-refractivity contribution in [3.8, 4) is 45.5 Å². The molecular weight excluding hydrogens is 1370 g/mol. The van der Waals surface area contributed by atoms with Gasteiger partial charge in [-0.1, -0.05) is 91.9 Å². The van der Waals surface area contributed by atoms with E-state index >= 15 is 0 Å². The second-order valence-corrected chi connectivity index (χ2v) is 28.4. The number of nitrogens with zero attached hydrogens (tertiary/aromatic N) is 8. The highest BCUT2D eigenvalue weighted by Crippen LogP contribution is 2.57. The first-order valence-electron chi connectivity index (χ1n) is 36.2. The van der Waals surface area contributed by atoms with Crippen molar-refractivity contribution in [1.29, 1.82) is 0 Å². The van der Waals surface area contributed by atoms with Crippen LogP contribution in [0.25, 0.3) is 22.5 Å². The second kappa shape index (κ2) is 31.6. The number of fused-ring (bicyclic) bond motifs is 11. The Morgan fingerprint density at radius 2 is 1.31 bits per heavy atom. The largest absolute Gasteiger partial charge is 0.493 e. The average molecular weight is 1460 g/mol. The van der Waals surface area contributed by atoms with Crippen LogP contribution < -0.4 is 60.2 Å². The van der Waals surface area contributed by atoms with Gasteiger partial charge in [-0.05, 0) is 124 Å². The molecule has 6 heterocycles. The Kier molecular flexibility index (Phi) is 21.7. The number of rotatable bonds is 26. The summed E-state index contributed by atoms with van der Waals surface area (Å²) in [5.74, 6) is -3.11. The molecule has 6 N–H and O–H groups in total. The lowest BCUT2D eigenvalue weighted by atomic mass is 9.95. The number of nitrogens with one attached hydrogen (secondary N) is 5. The Morgan fingerprint density at radius 3 is 2.01 bits per heavy atom. The van der Waals surface area contributed by atoms with Crippen molar-refractivity contribution in [1.82, 2.24) is 41.2 Å². The lowest BCUT2D eigenvalue weighted by molar-refractivity contribution is -0.132. The number of ether oxygens (including phenoxy) is 5. The molecule has 1 unspecified atom stereocenters. The summed E-state index contributed by atoms with van der Waals surface area (Å²) in [4.78, 5) is 134. The summed E-state index contributed by atoms with van der Waals surface area (Å²) in [6, 6.07) is 32.8. The summed E-state index contributed by atoms with van der Waals surface area (Å²) >= 11 is 0. The highest BCUT2D eigenvalue weighted by atomic mass is 16.6. The molecule has 13 rings (SSSR count). The van der Waals surface area contributed by atoms with Gasteiger partial charge in [-0.2, -0.15) is 0 Å². The molecule has 1 aliphatic carbocycles. The van der Waals surface area contributed by atoms with Crippen molar-refractivity contribution in [2.75, 3.05) is 67.1 Å². The van der Waals surface area contributed by atoms with Crippen LogP contribution in [0.2, 0.25) is 0 Å². The molecule has 6 aromatic carbocycles. The van der Waals surface area contributed by atoms with E-state index in [4.69, 9.17) is 28.7 Å². The number of aromatic nitrogens is 3. The standard InChI is InChI=1S/C79H87N13O15/c1-45(2)70(85-68(95)41-82-67(94)40-81-66(93)27-28-69(96)88-42-50-18-9-11-19-53(50)71-72(92(46(3)4)87-86-71)54-20-12-14-22-59(54)88)74(98)83-47(5)73(97)84-51-25-23-48(24-26-51)43-107-78(102)91-60-37-65(63(104-7)35-56(60)75(99)89-44-79(29-30-79)38-61(89)77(91)101)106-32-16-8-15-31-105-64-36-57-55(34-62(64)103-6)76(100)90-52(39-80-57)33-49-17-10-13-21-58(49)90/h9-14,17-26,34-37,39,45-47,52,61,70,77,101H,8,15-16,27-33,38,40-44H2,1-7H3,(H,81,93)(H,82,94)(H,83,98)(H,84,97)(H,85,95)/t47-,52-,61-,70-,77?/m0/s1. The summed E-state index contributed by atoms with van der Waals surface area (Å²) in [6.07, 6.45) is 3.89. The molecule has 0 bridgehead atoms. The number of hydrogen-bond donors (Lipinski definition) is 6. The fraction of sp³-hybridized carbons (Fsp3) is 0.392. The number of anilines is 4. The minimum absolute atomic E-state index is 0.0276. The van der Waals surface area contributed by atoms with Crippen LogP contribution in [-0.2, 0) is 53.1 Å². The average Bonchev–Trinajstić information content (AvgIpc) is 1.58. The fourth-order valence-electron chi connectivity index (χ4n) is 14.4. The van der Waals surface area contributed by atoms with E-state index in [1.807, 2.05) is 97.5 Å². The van der Waals surface area contributed by atoms with Gasteiger partial charge in [0.05, 0.1) is 93.0 Å². The van der Waals surface area contributed by atoms with Crippen LogP contribution in [0.4, 0.5) is 33.2 Å². The van der Waals surface area contributed by atoms with E-state index in [0.717, 1.165) is 51.4 Å². The van der Waals surface area contributed by atoms with Gasteiger partial charge in [0.15, 0.2) is 29.2 Å². The van der Waals surface area contributed by atoms with Gasteiger partial charge in [0.25, 0.3) is 11.8 Å². The topological polar surface area (TPSA) is 336 Å². The third-order valence-electron chi connectivity index (χ3n) is 20.4. The van der Waals surface area contributed by atoms with Crippen molar-refractivity contribution in [3.05, 3.63) is 149 Å². The maximum Gasteiger partial charge on any atom is 0.416 e. The molecule has 5 aliphatic heterocycles. The highest BCUT2D eigenvalue weighted by Gasteiger charge is 2.58. The molecule has 28 nitrogen and oxygen atoms in total. The van der Waals surface area contributed by atoms with Crippen LogP contribution in [-0.4, -0.2) is 162 Å². The van der Waals surface area contributed by atoms with E-state index in [9.17, 15) is 48.3 Å². The summed E-state index contributed by atoms with van der Waals surface area (Å²) in [7, 11) is 2.98. The number of aliphatic hydroxyl groups is 1. The van der Waals surface area contributed by atoms with Crippen molar-refractivity contribution in [3.63, 3.8) is 0 Å². The Morgan fingerprint density at radius 1 is 0.654 bits per heavy atom. The Labute approximate surface area is 618 Å². The maximum atomic E-state index is 14.5. The molecule has 1 saturated carbocycles. The third kappa shape index (κ3) is 15.7. The molecule has 5 atom stereocenters. The summed E-state index contributed by atoms with van der Waals surface area (Å²) in [6.45, 7) is 8.80. The zero-order valence-corrected chi connectivity index (χ0v) is 60.7. The van der Waals surface area contributed by atoms with E-state index in [2.05, 4.69) is 36.9 Å². The summed E-state index contributed by atoms with van der Waals surface area (Å²) in [5.41, 5.74) is 8.42. The molecule has 107 heavy (non-hydrogen) atoms. The van der Waals surface area contributed by atoms with Gasteiger partial charge in [0, 0.05) is 72.7 Å². The van der Waals surface area contributed by atoms with Crippen LogP contribution in [0, 0.1) is 11.3 Å². The van der Waals surface area contributed by atoms with Crippen molar-refractivity contribution >= 4 is 88.0 Å². The molecule has 558 valence electrons. The Hall–Kier alpha value is -11.7. The molecule has 7 aromatic rings. The van der Waals surface area contributed by atoms with Crippen LogP contribution in [0.15, 0.2) is 126 Å². The zero-order valence-electron chi connectivity index (χ0n) is 60.7. The zero-order chi connectivity index (χ0) is 75.4. The van der Waals surface area contributed by atoms with Crippen molar-refractivity contribution < 1.29 is 71.9 Å². The highest BCUT2D eigenvalue weighted by molar-refractivity contribution is 6.15. The molecule has 2 fully saturated rings. The van der Waals surface area contributed by atoms with Crippen molar-refractivity contribution in [2.24, 2.45) is 16.3 Å². The van der Waals surface area contributed by atoms with Gasteiger partial charge in [-0.25, -0.2) is 14.4 Å². The lowest BCUT2D eigenvalue weighted by Gasteiger charge is -2.31. The van der Waals surface area contributed by atoms with Gasteiger partial charge in [0.2, 0.25) is 35.4 Å². The Balaban J connectivity index is 0.559. The van der Waals surface area contributed by atoms with E-state index in [0.29, 0.717) is 90.6 Å². The number of carbonyl (C=O) groups excluding carboxylic acids is 9. The first-order chi connectivity index (χ1) is 51.6. The monoisotopic (exact) mass is 1460 g/mol. The number of carbonyl (C=O) groups is 9. The van der Waals surface area contributed by atoms with Crippen LogP contribution in [0.3, 0.4) is 0 Å². The molecular formula is C79H87N13O15. The van der Waals surface area contributed by atoms with E-state index in [1.54, 1.807) is 64.9 Å². The smallest absolute Gasteiger partial charge is 0.416 e. The van der Waals surface area contributed by atoms with Gasteiger partial charge in [0.1, 0.15) is 24.4 Å². The summed E-state index contributed by atoms with van der Waals surface area (Å²) < 4.78 is 31.7. The predicted molar refractivity (Wildman–Crippen MR) is 397 cm³/mol. The number of aliphatic hydroxyl groups excluding tert-OH is 1. The molecule has 1 spiro atoms.